The Morgan fingerprint density at radius 3 is 2.61 bits per heavy atom. The van der Waals surface area contributed by atoms with Gasteiger partial charge in [0.1, 0.15) is 0 Å². The molecule has 4 nitrogen and oxygen atoms in total. The smallest absolute Gasteiger partial charge is 0.170 e. The Kier molecular flexibility index (Phi) is 4.15. The number of likely N-dealkylation sites (N-methyl/N-ethyl adjacent to an activating group) is 1. The van der Waals surface area contributed by atoms with E-state index in [1.54, 1.807) is 0 Å². The lowest BCUT2D eigenvalue weighted by Crippen LogP contribution is -2.29. The standard InChI is InChI=1S/C18H24N4S/c1-5-22-16(13-9-11-21(12-13)18(2,3)4)15(20-17(22)23)14-8-6-7-10-19-14/h6-12,15-16H,5H2,1-4H3,(H,20,23)/t15-,16-/m1/s1. The number of aromatic nitrogens is 2. The first-order valence-electron chi connectivity index (χ1n) is 8.08. The molecule has 0 radical (unpaired) electrons. The van der Waals surface area contributed by atoms with Crippen molar-refractivity contribution >= 4 is 17.3 Å². The highest BCUT2D eigenvalue weighted by Gasteiger charge is 2.39. The molecule has 1 aliphatic heterocycles. The van der Waals surface area contributed by atoms with Gasteiger partial charge in [0.2, 0.25) is 0 Å². The molecule has 2 aromatic heterocycles. The van der Waals surface area contributed by atoms with Gasteiger partial charge >= 0.3 is 0 Å². The maximum atomic E-state index is 5.55. The molecule has 122 valence electrons. The summed E-state index contributed by atoms with van der Waals surface area (Å²) in [4.78, 5) is 6.79. The lowest BCUT2D eigenvalue weighted by Gasteiger charge is -2.26. The van der Waals surface area contributed by atoms with Gasteiger partial charge in [-0.3, -0.25) is 4.98 Å². The van der Waals surface area contributed by atoms with E-state index in [1.807, 2.05) is 18.3 Å². The maximum Gasteiger partial charge on any atom is 0.170 e. The van der Waals surface area contributed by atoms with Crippen molar-refractivity contribution in [2.24, 2.45) is 0 Å². The minimum Gasteiger partial charge on any atom is -0.352 e. The van der Waals surface area contributed by atoms with Crippen LogP contribution in [-0.4, -0.2) is 26.1 Å². The second-order valence-corrected chi connectivity index (χ2v) is 7.32. The summed E-state index contributed by atoms with van der Waals surface area (Å²) in [6.45, 7) is 9.65. The zero-order valence-corrected chi connectivity index (χ0v) is 15.0. The highest BCUT2D eigenvalue weighted by atomic mass is 32.1. The molecule has 2 aromatic rings. The van der Waals surface area contributed by atoms with E-state index in [-0.39, 0.29) is 17.6 Å². The topological polar surface area (TPSA) is 33.1 Å². The van der Waals surface area contributed by atoms with E-state index < -0.39 is 0 Å². The van der Waals surface area contributed by atoms with Crippen LogP contribution in [0.3, 0.4) is 0 Å². The molecule has 0 spiro atoms. The molecule has 1 fully saturated rings. The molecule has 5 heteroatoms. The molecule has 0 bridgehead atoms. The van der Waals surface area contributed by atoms with Gasteiger partial charge in [-0.15, -0.1) is 0 Å². The SMILES string of the molecule is CCN1C(=S)N[C@H](c2ccccn2)[C@H]1c1ccn(C(C)(C)C)c1. The lowest BCUT2D eigenvalue weighted by atomic mass is 9.99. The van der Waals surface area contributed by atoms with Gasteiger partial charge in [-0.05, 0) is 63.7 Å². The number of pyridine rings is 1. The molecule has 0 aliphatic carbocycles. The third-order valence-corrected chi connectivity index (χ3v) is 4.72. The van der Waals surface area contributed by atoms with Crippen LogP contribution in [0.15, 0.2) is 42.9 Å². The summed E-state index contributed by atoms with van der Waals surface area (Å²) in [5.41, 5.74) is 2.37. The number of nitrogens with zero attached hydrogens (tertiary/aromatic N) is 3. The summed E-state index contributed by atoms with van der Waals surface area (Å²) in [7, 11) is 0. The highest BCUT2D eigenvalue weighted by molar-refractivity contribution is 7.80. The third-order valence-electron chi connectivity index (χ3n) is 4.37. The molecule has 0 aromatic carbocycles. The molecule has 23 heavy (non-hydrogen) atoms. The van der Waals surface area contributed by atoms with Crippen molar-refractivity contribution in [3.05, 3.63) is 54.1 Å². The average molecular weight is 328 g/mol. The maximum absolute atomic E-state index is 5.55. The van der Waals surface area contributed by atoms with Gasteiger partial charge in [0.25, 0.3) is 0 Å². The minimum atomic E-state index is 0.0718. The van der Waals surface area contributed by atoms with E-state index in [0.717, 1.165) is 17.4 Å². The van der Waals surface area contributed by atoms with E-state index in [4.69, 9.17) is 12.2 Å². The molecular formula is C18H24N4S. The molecule has 2 atom stereocenters. The molecule has 0 amide bonds. The van der Waals surface area contributed by atoms with E-state index in [9.17, 15) is 0 Å². The van der Waals surface area contributed by atoms with Crippen LogP contribution >= 0.6 is 12.2 Å². The second-order valence-electron chi connectivity index (χ2n) is 6.94. The molecule has 3 heterocycles. The minimum absolute atomic E-state index is 0.0718. The zero-order valence-electron chi connectivity index (χ0n) is 14.2. The van der Waals surface area contributed by atoms with Gasteiger partial charge in [0.15, 0.2) is 5.11 Å². The molecule has 1 aliphatic rings. The van der Waals surface area contributed by atoms with Crippen LogP contribution in [0.4, 0.5) is 0 Å². The van der Waals surface area contributed by atoms with Crippen molar-refractivity contribution in [1.82, 2.24) is 19.8 Å². The summed E-state index contributed by atoms with van der Waals surface area (Å²) in [6, 6.07) is 8.49. The normalized spacial score (nSPS) is 21.6. The van der Waals surface area contributed by atoms with Gasteiger partial charge < -0.3 is 14.8 Å². The predicted molar refractivity (Wildman–Crippen MR) is 97.3 cm³/mol. The van der Waals surface area contributed by atoms with Crippen molar-refractivity contribution in [3.8, 4) is 0 Å². The van der Waals surface area contributed by atoms with E-state index in [0.29, 0.717) is 0 Å². The molecule has 3 rings (SSSR count). The van der Waals surface area contributed by atoms with Gasteiger partial charge in [-0.25, -0.2) is 0 Å². The Balaban J connectivity index is 2.01. The Bertz CT molecular complexity index is 687. The van der Waals surface area contributed by atoms with E-state index in [1.165, 1.54) is 5.56 Å². The summed E-state index contributed by atoms with van der Waals surface area (Å²) < 4.78 is 2.26. The predicted octanol–water partition coefficient (Wildman–Crippen LogP) is 3.63. The molecule has 0 unspecified atom stereocenters. The fourth-order valence-electron chi connectivity index (χ4n) is 3.11. The molecule has 1 N–H and O–H groups in total. The Hall–Kier alpha value is -1.88. The molecule has 0 saturated carbocycles. The second kappa shape index (κ2) is 5.96. The van der Waals surface area contributed by atoms with Crippen LogP contribution in [-0.2, 0) is 5.54 Å². The number of rotatable bonds is 3. The van der Waals surface area contributed by atoms with E-state index >= 15 is 0 Å². The summed E-state index contributed by atoms with van der Waals surface area (Å²) in [6.07, 6.45) is 6.23. The Labute approximate surface area is 143 Å². The summed E-state index contributed by atoms with van der Waals surface area (Å²) in [5, 5.41) is 4.26. The number of hydrogen-bond acceptors (Lipinski definition) is 2. The quantitative estimate of drug-likeness (QED) is 0.872. The van der Waals surface area contributed by atoms with Crippen molar-refractivity contribution in [1.29, 1.82) is 0 Å². The van der Waals surface area contributed by atoms with Crippen LogP contribution in [0, 0.1) is 0 Å². The van der Waals surface area contributed by atoms with Crippen LogP contribution in [0.1, 0.15) is 51.0 Å². The van der Waals surface area contributed by atoms with Crippen molar-refractivity contribution in [2.75, 3.05) is 6.54 Å². The van der Waals surface area contributed by atoms with Crippen LogP contribution in [0.2, 0.25) is 0 Å². The number of thiocarbonyl (C=S) groups is 1. The third kappa shape index (κ3) is 2.98. The van der Waals surface area contributed by atoms with E-state index in [2.05, 4.69) is 72.0 Å². The van der Waals surface area contributed by atoms with Crippen molar-refractivity contribution < 1.29 is 0 Å². The fourth-order valence-corrected chi connectivity index (χ4v) is 3.48. The zero-order chi connectivity index (χ0) is 16.6. The number of hydrogen-bond donors (Lipinski definition) is 1. The fraction of sp³-hybridized carbons (Fsp3) is 0.444. The average Bonchev–Trinajstić information content (AvgIpc) is 3.11. The van der Waals surface area contributed by atoms with Crippen molar-refractivity contribution in [2.45, 2.75) is 45.3 Å². The van der Waals surface area contributed by atoms with Gasteiger partial charge in [-0.1, -0.05) is 6.07 Å². The van der Waals surface area contributed by atoms with Crippen LogP contribution < -0.4 is 5.32 Å². The van der Waals surface area contributed by atoms with Crippen LogP contribution in [0.25, 0.3) is 0 Å². The Morgan fingerprint density at radius 1 is 1.26 bits per heavy atom. The summed E-state index contributed by atoms with van der Waals surface area (Å²) >= 11 is 5.55. The van der Waals surface area contributed by atoms with Gasteiger partial charge in [0.05, 0.1) is 17.8 Å². The Morgan fingerprint density at radius 2 is 2.04 bits per heavy atom. The monoisotopic (exact) mass is 328 g/mol. The summed E-state index contributed by atoms with van der Waals surface area (Å²) in [5.74, 6) is 0. The first kappa shape index (κ1) is 16.0. The van der Waals surface area contributed by atoms with Gasteiger partial charge in [0, 0.05) is 30.7 Å². The van der Waals surface area contributed by atoms with Crippen LogP contribution in [0.5, 0.6) is 0 Å². The number of nitrogens with one attached hydrogen (secondary N) is 1. The highest BCUT2D eigenvalue weighted by Crippen LogP contribution is 2.38. The lowest BCUT2D eigenvalue weighted by molar-refractivity contribution is 0.328. The van der Waals surface area contributed by atoms with Gasteiger partial charge in [-0.2, -0.15) is 0 Å². The van der Waals surface area contributed by atoms with Crippen molar-refractivity contribution in [3.63, 3.8) is 0 Å². The molecule has 1 saturated heterocycles. The molecular weight excluding hydrogens is 304 g/mol. The first-order chi connectivity index (χ1) is 10.9. The first-order valence-corrected chi connectivity index (χ1v) is 8.49. The largest absolute Gasteiger partial charge is 0.352 e.